The van der Waals surface area contributed by atoms with Crippen molar-refractivity contribution in [3.63, 3.8) is 0 Å². The number of carbonyl (C=O) groups is 1. The number of rotatable bonds is 4. The molecule has 8 nitrogen and oxygen atoms in total. The minimum atomic E-state index is -0.143. The van der Waals surface area contributed by atoms with Gasteiger partial charge in [-0.25, -0.2) is 9.50 Å². The summed E-state index contributed by atoms with van der Waals surface area (Å²) in [6.45, 7) is 3.07. The van der Waals surface area contributed by atoms with E-state index in [2.05, 4.69) is 25.6 Å². The molecule has 1 fully saturated rings. The number of amides is 1. The summed E-state index contributed by atoms with van der Waals surface area (Å²) in [5.74, 6) is 0.0866. The van der Waals surface area contributed by atoms with E-state index in [0.717, 1.165) is 17.6 Å². The standard InChI is InChI=1S/C16H18N6O2/c1-10-13(9-22-14(21-10)2-4-20-22)16(23)17-6-11-3-5-24-15(11)12-7-18-19-8-12/h2,4,7-9,11,15H,3,5-6H2,1H3,(H,17,23)(H,18,19)/t11-,15+/m1/s1. The van der Waals surface area contributed by atoms with Crippen molar-refractivity contribution in [2.24, 2.45) is 5.92 Å². The predicted molar refractivity (Wildman–Crippen MR) is 85.4 cm³/mol. The lowest BCUT2D eigenvalue weighted by Gasteiger charge is -2.18. The van der Waals surface area contributed by atoms with E-state index >= 15 is 0 Å². The topological polar surface area (TPSA) is 97.2 Å². The highest BCUT2D eigenvalue weighted by molar-refractivity contribution is 5.95. The van der Waals surface area contributed by atoms with Gasteiger partial charge in [-0.15, -0.1) is 0 Å². The van der Waals surface area contributed by atoms with Gasteiger partial charge in [0.25, 0.3) is 5.91 Å². The summed E-state index contributed by atoms with van der Waals surface area (Å²) in [6, 6.07) is 1.81. The van der Waals surface area contributed by atoms with Crippen LogP contribution in [-0.2, 0) is 4.74 Å². The van der Waals surface area contributed by atoms with Gasteiger partial charge in [-0.3, -0.25) is 9.89 Å². The first-order chi connectivity index (χ1) is 11.7. The van der Waals surface area contributed by atoms with Gasteiger partial charge in [0.05, 0.1) is 29.8 Å². The van der Waals surface area contributed by atoms with Crippen molar-refractivity contribution in [2.45, 2.75) is 19.4 Å². The van der Waals surface area contributed by atoms with Crippen LogP contribution in [0, 0.1) is 12.8 Å². The summed E-state index contributed by atoms with van der Waals surface area (Å²) < 4.78 is 7.39. The van der Waals surface area contributed by atoms with Crippen LogP contribution in [-0.4, -0.2) is 43.9 Å². The number of ether oxygens (including phenoxy) is 1. The molecular formula is C16H18N6O2. The number of fused-ring (bicyclic) bond motifs is 1. The van der Waals surface area contributed by atoms with E-state index in [1.165, 1.54) is 0 Å². The fourth-order valence-electron chi connectivity index (χ4n) is 3.11. The van der Waals surface area contributed by atoms with Crippen LogP contribution in [0.25, 0.3) is 5.65 Å². The minimum Gasteiger partial charge on any atom is -0.373 e. The largest absolute Gasteiger partial charge is 0.373 e. The van der Waals surface area contributed by atoms with Gasteiger partial charge in [0.15, 0.2) is 5.65 Å². The molecule has 3 aromatic heterocycles. The number of nitrogens with one attached hydrogen (secondary N) is 2. The van der Waals surface area contributed by atoms with Crippen molar-refractivity contribution >= 4 is 11.6 Å². The Kier molecular flexibility index (Phi) is 3.73. The van der Waals surface area contributed by atoms with Crippen LogP contribution in [0.1, 0.15) is 34.1 Å². The maximum absolute atomic E-state index is 12.5. The van der Waals surface area contributed by atoms with E-state index in [9.17, 15) is 4.79 Å². The lowest BCUT2D eigenvalue weighted by molar-refractivity contribution is 0.0846. The van der Waals surface area contributed by atoms with Crippen LogP contribution in [0.5, 0.6) is 0 Å². The molecule has 2 atom stereocenters. The minimum absolute atomic E-state index is 0.0307. The second-order valence-electron chi connectivity index (χ2n) is 5.96. The van der Waals surface area contributed by atoms with Gasteiger partial charge in [-0.2, -0.15) is 10.2 Å². The monoisotopic (exact) mass is 326 g/mol. The summed E-state index contributed by atoms with van der Waals surface area (Å²) in [4.78, 5) is 16.9. The maximum Gasteiger partial charge on any atom is 0.254 e. The molecule has 3 aromatic rings. The quantitative estimate of drug-likeness (QED) is 0.752. The summed E-state index contributed by atoms with van der Waals surface area (Å²) in [6.07, 6.45) is 7.86. The summed E-state index contributed by atoms with van der Waals surface area (Å²) in [7, 11) is 0. The Bertz CT molecular complexity index is 857. The Labute approximate surface area is 138 Å². The first kappa shape index (κ1) is 14.8. The molecule has 4 rings (SSSR count). The summed E-state index contributed by atoms with van der Waals surface area (Å²) >= 11 is 0. The van der Waals surface area contributed by atoms with Crippen LogP contribution in [0.15, 0.2) is 30.9 Å². The fourth-order valence-corrected chi connectivity index (χ4v) is 3.11. The van der Waals surface area contributed by atoms with E-state index < -0.39 is 0 Å². The molecule has 8 heteroatoms. The molecule has 24 heavy (non-hydrogen) atoms. The molecule has 1 aliphatic heterocycles. The molecule has 0 aliphatic carbocycles. The summed E-state index contributed by atoms with van der Waals surface area (Å²) in [5, 5.41) is 13.9. The van der Waals surface area contributed by atoms with Gasteiger partial charge in [0, 0.05) is 43.1 Å². The highest BCUT2D eigenvalue weighted by Crippen LogP contribution is 2.33. The first-order valence-electron chi connectivity index (χ1n) is 7.92. The van der Waals surface area contributed by atoms with E-state index in [4.69, 9.17) is 4.74 Å². The van der Waals surface area contributed by atoms with Crippen molar-refractivity contribution in [2.75, 3.05) is 13.2 Å². The lowest BCUT2D eigenvalue weighted by Crippen LogP contribution is -2.31. The van der Waals surface area contributed by atoms with Crippen molar-refractivity contribution in [3.05, 3.63) is 47.7 Å². The second-order valence-corrected chi connectivity index (χ2v) is 5.96. The van der Waals surface area contributed by atoms with Crippen molar-refractivity contribution in [1.29, 1.82) is 0 Å². The average Bonchev–Trinajstić information content (AvgIpc) is 3.31. The number of hydrogen-bond acceptors (Lipinski definition) is 5. The first-order valence-corrected chi connectivity index (χ1v) is 7.92. The van der Waals surface area contributed by atoms with E-state index in [0.29, 0.717) is 24.4 Å². The van der Waals surface area contributed by atoms with Crippen LogP contribution in [0.3, 0.4) is 0 Å². The van der Waals surface area contributed by atoms with Gasteiger partial charge in [0.1, 0.15) is 0 Å². The van der Waals surface area contributed by atoms with Gasteiger partial charge in [0.2, 0.25) is 0 Å². The zero-order valence-electron chi connectivity index (χ0n) is 13.3. The van der Waals surface area contributed by atoms with Crippen LogP contribution < -0.4 is 5.32 Å². The smallest absolute Gasteiger partial charge is 0.254 e. The van der Waals surface area contributed by atoms with E-state index in [-0.39, 0.29) is 17.9 Å². The number of carbonyl (C=O) groups excluding carboxylic acids is 1. The predicted octanol–water partition coefficient (Wildman–Crippen LogP) is 1.27. The normalized spacial score (nSPS) is 20.5. The highest BCUT2D eigenvalue weighted by atomic mass is 16.5. The molecule has 0 bridgehead atoms. The molecule has 1 amide bonds. The summed E-state index contributed by atoms with van der Waals surface area (Å²) in [5.41, 5.74) is 2.97. The Morgan fingerprint density at radius 3 is 3.29 bits per heavy atom. The van der Waals surface area contributed by atoms with Crippen molar-refractivity contribution in [1.82, 2.24) is 30.1 Å². The Balaban J connectivity index is 1.46. The number of aromatic amines is 1. The molecule has 0 spiro atoms. The van der Waals surface area contributed by atoms with Crippen LogP contribution >= 0.6 is 0 Å². The molecule has 2 N–H and O–H groups in total. The van der Waals surface area contributed by atoms with Gasteiger partial charge >= 0.3 is 0 Å². The zero-order chi connectivity index (χ0) is 16.5. The van der Waals surface area contributed by atoms with Crippen LogP contribution in [0.2, 0.25) is 0 Å². The number of H-pyrrole nitrogens is 1. The Morgan fingerprint density at radius 1 is 1.54 bits per heavy atom. The van der Waals surface area contributed by atoms with Crippen molar-refractivity contribution < 1.29 is 9.53 Å². The SMILES string of the molecule is Cc1nc2ccnn2cc1C(=O)NC[C@H]1CCO[C@@H]1c1cn[nH]c1. The molecule has 4 heterocycles. The highest BCUT2D eigenvalue weighted by Gasteiger charge is 2.30. The number of hydrogen-bond donors (Lipinski definition) is 2. The molecule has 1 saturated heterocycles. The number of aromatic nitrogens is 5. The third-order valence-corrected chi connectivity index (χ3v) is 4.40. The third-order valence-electron chi connectivity index (χ3n) is 4.40. The van der Waals surface area contributed by atoms with E-state index in [1.807, 2.05) is 13.1 Å². The lowest BCUT2D eigenvalue weighted by atomic mass is 9.97. The Hall–Kier alpha value is -2.74. The van der Waals surface area contributed by atoms with Crippen LogP contribution in [0.4, 0.5) is 0 Å². The number of aryl methyl sites for hydroxylation is 1. The molecule has 0 radical (unpaired) electrons. The van der Waals surface area contributed by atoms with Crippen molar-refractivity contribution in [3.8, 4) is 0 Å². The van der Waals surface area contributed by atoms with Gasteiger partial charge in [-0.05, 0) is 13.3 Å². The average molecular weight is 326 g/mol. The number of nitrogens with zero attached hydrogens (tertiary/aromatic N) is 4. The zero-order valence-corrected chi connectivity index (χ0v) is 13.3. The Morgan fingerprint density at radius 2 is 2.46 bits per heavy atom. The molecule has 0 aromatic carbocycles. The third kappa shape index (κ3) is 2.65. The molecular weight excluding hydrogens is 308 g/mol. The maximum atomic E-state index is 12.5. The molecule has 1 aliphatic rings. The molecule has 0 saturated carbocycles. The molecule has 124 valence electrons. The van der Waals surface area contributed by atoms with E-state index in [1.54, 1.807) is 29.2 Å². The molecule has 0 unspecified atom stereocenters. The second kappa shape index (κ2) is 6.04. The van der Waals surface area contributed by atoms with Gasteiger partial charge in [-0.1, -0.05) is 0 Å². The fraction of sp³-hybridized carbons (Fsp3) is 0.375. The van der Waals surface area contributed by atoms with Gasteiger partial charge < -0.3 is 10.1 Å².